The molecule has 3 heteroatoms. The topological polar surface area (TPSA) is 21.3 Å². The lowest BCUT2D eigenvalue weighted by molar-refractivity contribution is -0.0364. The molecule has 1 rings (SSSR count). The number of ether oxygens (including phenoxy) is 1. The Morgan fingerprint density at radius 1 is 1.35 bits per heavy atom. The van der Waals surface area contributed by atoms with E-state index >= 15 is 0 Å². The fourth-order valence-corrected chi connectivity index (χ4v) is 2.05. The number of hydrogen-bond acceptors (Lipinski definition) is 2. The van der Waals surface area contributed by atoms with Crippen molar-refractivity contribution in [1.29, 1.82) is 0 Å². The van der Waals surface area contributed by atoms with E-state index in [-0.39, 0.29) is 17.5 Å². The number of rotatable bonds is 6. The molecule has 0 aliphatic carbocycles. The number of likely N-dealkylation sites (N-methyl/N-ethyl adjacent to an activating group) is 1. The minimum atomic E-state index is -0.314. The standard InChI is InChI=1S/C14H22FNO/c1-5-17-14(2,3)13(16-4)10-11-8-6-7-9-12(11)15/h6-9,13,16H,5,10H2,1-4H3. The first-order valence-electron chi connectivity index (χ1n) is 6.06. The van der Waals surface area contributed by atoms with Crippen molar-refractivity contribution in [3.8, 4) is 0 Å². The highest BCUT2D eigenvalue weighted by molar-refractivity contribution is 5.19. The van der Waals surface area contributed by atoms with Gasteiger partial charge in [0.2, 0.25) is 0 Å². The van der Waals surface area contributed by atoms with Crippen LogP contribution in [0.1, 0.15) is 26.3 Å². The van der Waals surface area contributed by atoms with Gasteiger partial charge in [-0.3, -0.25) is 0 Å². The van der Waals surface area contributed by atoms with E-state index in [9.17, 15) is 4.39 Å². The highest BCUT2D eigenvalue weighted by Crippen LogP contribution is 2.20. The first-order valence-corrected chi connectivity index (χ1v) is 6.06. The monoisotopic (exact) mass is 239 g/mol. The number of benzene rings is 1. The second-order valence-electron chi connectivity index (χ2n) is 4.67. The Bertz CT molecular complexity index is 352. The third kappa shape index (κ3) is 3.79. The van der Waals surface area contributed by atoms with Gasteiger partial charge in [0.15, 0.2) is 0 Å². The van der Waals surface area contributed by atoms with Crippen molar-refractivity contribution < 1.29 is 9.13 Å². The van der Waals surface area contributed by atoms with Crippen LogP contribution in [0.3, 0.4) is 0 Å². The third-order valence-corrected chi connectivity index (χ3v) is 3.09. The minimum absolute atomic E-state index is 0.0827. The summed E-state index contributed by atoms with van der Waals surface area (Å²) in [6, 6.07) is 6.97. The van der Waals surface area contributed by atoms with Crippen LogP contribution in [0.2, 0.25) is 0 Å². The van der Waals surface area contributed by atoms with Crippen molar-refractivity contribution in [1.82, 2.24) is 5.32 Å². The molecule has 2 nitrogen and oxygen atoms in total. The zero-order valence-electron chi connectivity index (χ0n) is 11.1. The SMILES string of the molecule is CCOC(C)(C)C(Cc1ccccc1F)NC. The molecule has 96 valence electrons. The molecule has 1 atom stereocenters. The Balaban J connectivity index is 2.80. The molecular formula is C14H22FNO. The van der Waals surface area contributed by atoms with Gasteiger partial charge in [-0.2, -0.15) is 0 Å². The van der Waals surface area contributed by atoms with Gasteiger partial charge >= 0.3 is 0 Å². The van der Waals surface area contributed by atoms with Crippen LogP contribution in [0.4, 0.5) is 4.39 Å². The molecule has 0 saturated heterocycles. The molecule has 17 heavy (non-hydrogen) atoms. The van der Waals surface area contributed by atoms with Gasteiger partial charge in [-0.15, -0.1) is 0 Å². The first-order chi connectivity index (χ1) is 8.01. The molecule has 1 aromatic rings. The summed E-state index contributed by atoms with van der Waals surface area (Å²) in [7, 11) is 1.88. The Labute approximate surface area is 103 Å². The van der Waals surface area contributed by atoms with Crippen molar-refractivity contribution >= 4 is 0 Å². The predicted molar refractivity (Wildman–Crippen MR) is 68.7 cm³/mol. The Hall–Kier alpha value is -0.930. The molecule has 0 heterocycles. The van der Waals surface area contributed by atoms with Gasteiger partial charge in [0.05, 0.1) is 5.60 Å². The van der Waals surface area contributed by atoms with E-state index < -0.39 is 0 Å². The van der Waals surface area contributed by atoms with Crippen LogP contribution in [0.25, 0.3) is 0 Å². The normalized spacial score (nSPS) is 13.7. The van der Waals surface area contributed by atoms with Crippen molar-refractivity contribution in [3.63, 3.8) is 0 Å². The summed E-state index contributed by atoms with van der Waals surface area (Å²) < 4.78 is 19.3. The van der Waals surface area contributed by atoms with E-state index in [2.05, 4.69) is 5.32 Å². The summed E-state index contributed by atoms with van der Waals surface area (Å²) in [6.45, 7) is 6.68. The van der Waals surface area contributed by atoms with Crippen molar-refractivity contribution in [2.45, 2.75) is 38.8 Å². The van der Waals surface area contributed by atoms with Crippen LogP contribution in [-0.4, -0.2) is 25.3 Å². The molecule has 0 aliphatic rings. The average Bonchev–Trinajstić information content (AvgIpc) is 2.27. The number of halogens is 1. The summed E-state index contributed by atoms with van der Waals surface area (Å²) in [5, 5.41) is 3.21. The molecule has 0 fully saturated rings. The van der Waals surface area contributed by atoms with E-state index in [1.54, 1.807) is 6.07 Å². The van der Waals surface area contributed by atoms with E-state index in [0.717, 1.165) is 5.56 Å². The van der Waals surface area contributed by atoms with Crippen LogP contribution in [0.5, 0.6) is 0 Å². The van der Waals surface area contributed by atoms with Crippen LogP contribution >= 0.6 is 0 Å². The number of hydrogen-bond donors (Lipinski definition) is 1. The lowest BCUT2D eigenvalue weighted by Gasteiger charge is -2.34. The van der Waals surface area contributed by atoms with Crippen LogP contribution < -0.4 is 5.32 Å². The van der Waals surface area contributed by atoms with Gasteiger partial charge in [0.25, 0.3) is 0 Å². The molecule has 0 amide bonds. The van der Waals surface area contributed by atoms with Crippen molar-refractivity contribution in [2.24, 2.45) is 0 Å². The summed E-state index contributed by atoms with van der Waals surface area (Å²) >= 11 is 0. The molecule has 0 aliphatic heterocycles. The van der Waals surface area contributed by atoms with Crippen LogP contribution in [0.15, 0.2) is 24.3 Å². The second kappa shape index (κ2) is 6.12. The highest BCUT2D eigenvalue weighted by atomic mass is 19.1. The van der Waals surface area contributed by atoms with Gasteiger partial charge < -0.3 is 10.1 Å². The average molecular weight is 239 g/mol. The predicted octanol–water partition coefficient (Wildman–Crippen LogP) is 2.77. The van der Waals surface area contributed by atoms with Crippen molar-refractivity contribution in [3.05, 3.63) is 35.6 Å². The molecule has 1 unspecified atom stereocenters. The summed E-state index contributed by atoms with van der Waals surface area (Å²) in [6.07, 6.45) is 0.621. The molecule has 0 spiro atoms. The largest absolute Gasteiger partial charge is 0.374 e. The Kier molecular flexibility index (Phi) is 5.09. The van der Waals surface area contributed by atoms with Gasteiger partial charge in [-0.05, 0) is 45.9 Å². The minimum Gasteiger partial charge on any atom is -0.374 e. The molecule has 0 bridgehead atoms. The van der Waals surface area contributed by atoms with E-state index in [1.165, 1.54) is 6.07 Å². The number of nitrogens with one attached hydrogen (secondary N) is 1. The zero-order valence-corrected chi connectivity index (χ0v) is 11.1. The van der Waals surface area contributed by atoms with E-state index in [0.29, 0.717) is 13.0 Å². The van der Waals surface area contributed by atoms with Crippen LogP contribution in [-0.2, 0) is 11.2 Å². The van der Waals surface area contributed by atoms with E-state index in [4.69, 9.17) is 4.74 Å². The fourth-order valence-electron chi connectivity index (χ4n) is 2.05. The molecule has 0 aromatic heterocycles. The summed E-state index contributed by atoms with van der Waals surface area (Å²) in [4.78, 5) is 0. The van der Waals surface area contributed by atoms with Crippen molar-refractivity contribution in [2.75, 3.05) is 13.7 Å². The van der Waals surface area contributed by atoms with Crippen LogP contribution in [0, 0.1) is 5.82 Å². The molecule has 1 N–H and O–H groups in total. The lowest BCUT2D eigenvalue weighted by Crippen LogP contribution is -2.48. The lowest BCUT2D eigenvalue weighted by atomic mass is 9.92. The second-order valence-corrected chi connectivity index (χ2v) is 4.67. The maximum Gasteiger partial charge on any atom is 0.126 e. The molecule has 0 saturated carbocycles. The molecular weight excluding hydrogens is 217 g/mol. The fraction of sp³-hybridized carbons (Fsp3) is 0.571. The van der Waals surface area contributed by atoms with Gasteiger partial charge in [0.1, 0.15) is 5.82 Å². The Morgan fingerprint density at radius 2 is 2.00 bits per heavy atom. The van der Waals surface area contributed by atoms with E-state index in [1.807, 2.05) is 40.0 Å². The quantitative estimate of drug-likeness (QED) is 0.824. The Morgan fingerprint density at radius 3 is 2.53 bits per heavy atom. The third-order valence-electron chi connectivity index (χ3n) is 3.09. The smallest absolute Gasteiger partial charge is 0.126 e. The van der Waals surface area contributed by atoms with Gasteiger partial charge in [-0.25, -0.2) is 4.39 Å². The van der Waals surface area contributed by atoms with Gasteiger partial charge in [-0.1, -0.05) is 18.2 Å². The zero-order chi connectivity index (χ0) is 12.9. The maximum absolute atomic E-state index is 13.6. The first kappa shape index (κ1) is 14.1. The van der Waals surface area contributed by atoms with Gasteiger partial charge in [0, 0.05) is 12.6 Å². The summed E-state index contributed by atoms with van der Waals surface area (Å²) in [5.74, 6) is -0.153. The molecule has 0 radical (unpaired) electrons. The highest BCUT2D eigenvalue weighted by Gasteiger charge is 2.29. The molecule has 1 aromatic carbocycles. The maximum atomic E-state index is 13.6. The summed E-state index contributed by atoms with van der Waals surface area (Å²) in [5.41, 5.74) is 0.408.